The highest BCUT2D eigenvalue weighted by atomic mass is 16.5. The third-order valence-electron chi connectivity index (χ3n) is 2.29. The molecule has 1 rings (SSSR count). The van der Waals surface area contributed by atoms with Crippen molar-refractivity contribution in [3.63, 3.8) is 0 Å². The van der Waals surface area contributed by atoms with Crippen LogP contribution in [0.2, 0.25) is 0 Å². The molecule has 1 unspecified atom stereocenters. The smallest absolute Gasteiger partial charge is 0.0833 e. The molecule has 0 aliphatic carbocycles. The maximum absolute atomic E-state index is 5.46. The molecule has 0 N–H and O–H groups in total. The average Bonchev–Trinajstić information content (AvgIpc) is 2.20. The van der Waals surface area contributed by atoms with E-state index in [-0.39, 0.29) is 6.10 Å². The van der Waals surface area contributed by atoms with E-state index in [0.717, 1.165) is 13.0 Å². The van der Waals surface area contributed by atoms with E-state index < -0.39 is 0 Å². The minimum atomic E-state index is 0.221. The van der Waals surface area contributed by atoms with Crippen LogP contribution in [0.1, 0.15) is 18.1 Å². The Balaban J connectivity index is 2.54. The lowest BCUT2D eigenvalue weighted by Crippen LogP contribution is -2.16. The average molecular weight is 193 g/mol. The largest absolute Gasteiger partial charge is 0.377 e. The third-order valence-corrected chi connectivity index (χ3v) is 2.29. The molecular formula is C12H19NO. The molecule has 0 bridgehead atoms. The number of hydrogen-bond donors (Lipinski definition) is 0. The zero-order valence-electron chi connectivity index (χ0n) is 9.23. The molecular weight excluding hydrogens is 174 g/mol. The maximum atomic E-state index is 5.46. The number of ether oxygens (including phenoxy) is 1. The van der Waals surface area contributed by atoms with Crippen LogP contribution in [-0.4, -0.2) is 32.6 Å². The van der Waals surface area contributed by atoms with E-state index in [9.17, 15) is 0 Å². The van der Waals surface area contributed by atoms with Crippen LogP contribution >= 0.6 is 0 Å². The topological polar surface area (TPSA) is 12.5 Å². The van der Waals surface area contributed by atoms with Crippen LogP contribution in [0, 0.1) is 0 Å². The summed E-state index contributed by atoms with van der Waals surface area (Å²) in [6, 6.07) is 10.4. The first-order valence-electron chi connectivity index (χ1n) is 4.96. The van der Waals surface area contributed by atoms with E-state index in [1.54, 1.807) is 7.11 Å². The summed E-state index contributed by atoms with van der Waals surface area (Å²) in [6.07, 6.45) is 1.26. The summed E-state index contributed by atoms with van der Waals surface area (Å²) >= 11 is 0. The van der Waals surface area contributed by atoms with Gasteiger partial charge in [-0.2, -0.15) is 0 Å². The molecule has 2 heteroatoms. The molecule has 2 nitrogen and oxygen atoms in total. The monoisotopic (exact) mass is 193 g/mol. The molecule has 0 amide bonds. The van der Waals surface area contributed by atoms with Crippen LogP contribution in [0.5, 0.6) is 0 Å². The second kappa shape index (κ2) is 5.78. The standard InChI is InChI=1S/C12H19NO/c1-13(2)10-9-12(14-3)11-7-5-4-6-8-11/h4-8,12H,9-10H2,1-3H3. The number of hydrogen-bond acceptors (Lipinski definition) is 2. The van der Waals surface area contributed by atoms with Crippen molar-refractivity contribution >= 4 is 0 Å². The molecule has 0 spiro atoms. The Kier molecular flexibility index (Phi) is 4.63. The van der Waals surface area contributed by atoms with Gasteiger partial charge in [-0.15, -0.1) is 0 Å². The zero-order chi connectivity index (χ0) is 10.4. The van der Waals surface area contributed by atoms with Gasteiger partial charge in [0.1, 0.15) is 0 Å². The summed E-state index contributed by atoms with van der Waals surface area (Å²) in [5, 5.41) is 0. The van der Waals surface area contributed by atoms with E-state index in [4.69, 9.17) is 4.74 Å². The summed E-state index contributed by atoms with van der Waals surface area (Å²) in [6.45, 7) is 1.05. The molecule has 0 aliphatic rings. The molecule has 1 aromatic rings. The second-order valence-corrected chi connectivity index (χ2v) is 3.73. The molecule has 1 atom stereocenters. The van der Waals surface area contributed by atoms with Gasteiger partial charge in [0.05, 0.1) is 6.10 Å². The van der Waals surface area contributed by atoms with Crippen molar-refractivity contribution in [2.24, 2.45) is 0 Å². The molecule has 1 aromatic carbocycles. The van der Waals surface area contributed by atoms with Crippen LogP contribution in [-0.2, 0) is 4.74 Å². The second-order valence-electron chi connectivity index (χ2n) is 3.73. The summed E-state index contributed by atoms with van der Waals surface area (Å²) in [5.41, 5.74) is 1.26. The number of rotatable bonds is 5. The molecule has 0 saturated carbocycles. The first-order chi connectivity index (χ1) is 6.74. The lowest BCUT2D eigenvalue weighted by atomic mass is 10.1. The third kappa shape index (κ3) is 3.48. The van der Waals surface area contributed by atoms with Gasteiger partial charge in [0.25, 0.3) is 0 Å². The van der Waals surface area contributed by atoms with E-state index in [1.807, 2.05) is 6.07 Å². The van der Waals surface area contributed by atoms with Crippen molar-refractivity contribution in [3.05, 3.63) is 35.9 Å². The Labute approximate surface area is 86.5 Å². The number of methoxy groups -OCH3 is 1. The van der Waals surface area contributed by atoms with Gasteiger partial charge in [-0.3, -0.25) is 0 Å². The Morgan fingerprint density at radius 2 is 1.86 bits per heavy atom. The van der Waals surface area contributed by atoms with Crippen LogP contribution in [0.3, 0.4) is 0 Å². The highest BCUT2D eigenvalue weighted by molar-refractivity contribution is 5.17. The minimum Gasteiger partial charge on any atom is -0.377 e. The van der Waals surface area contributed by atoms with Gasteiger partial charge >= 0.3 is 0 Å². The first kappa shape index (κ1) is 11.2. The van der Waals surface area contributed by atoms with E-state index >= 15 is 0 Å². The van der Waals surface area contributed by atoms with Gasteiger partial charge in [-0.05, 0) is 26.1 Å². The quantitative estimate of drug-likeness (QED) is 0.711. The molecule has 14 heavy (non-hydrogen) atoms. The predicted molar refractivity (Wildman–Crippen MR) is 59.4 cm³/mol. The van der Waals surface area contributed by atoms with Crippen LogP contribution < -0.4 is 0 Å². The van der Waals surface area contributed by atoms with Gasteiger partial charge < -0.3 is 9.64 Å². The maximum Gasteiger partial charge on any atom is 0.0833 e. The summed E-state index contributed by atoms with van der Waals surface area (Å²) in [5.74, 6) is 0. The molecule has 0 saturated heterocycles. The van der Waals surface area contributed by atoms with E-state index in [0.29, 0.717) is 0 Å². The highest BCUT2D eigenvalue weighted by Gasteiger charge is 2.09. The molecule has 0 heterocycles. The lowest BCUT2D eigenvalue weighted by molar-refractivity contribution is 0.0885. The van der Waals surface area contributed by atoms with Gasteiger partial charge in [0, 0.05) is 13.7 Å². The SMILES string of the molecule is COC(CCN(C)C)c1ccccc1. The fourth-order valence-corrected chi connectivity index (χ4v) is 1.46. The Morgan fingerprint density at radius 1 is 1.21 bits per heavy atom. The zero-order valence-corrected chi connectivity index (χ0v) is 9.23. The van der Waals surface area contributed by atoms with Crippen LogP contribution in [0.4, 0.5) is 0 Å². The van der Waals surface area contributed by atoms with Crippen LogP contribution in [0.25, 0.3) is 0 Å². The normalized spacial score (nSPS) is 13.1. The van der Waals surface area contributed by atoms with Crippen molar-refractivity contribution in [2.75, 3.05) is 27.7 Å². The summed E-state index contributed by atoms with van der Waals surface area (Å²) in [7, 11) is 5.93. The van der Waals surface area contributed by atoms with Crippen molar-refractivity contribution in [2.45, 2.75) is 12.5 Å². The highest BCUT2D eigenvalue weighted by Crippen LogP contribution is 2.19. The summed E-state index contributed by atoms with van der Waals surface area (Å²) in [4.78, 5) is 2.18. The van der Waals surface area contributed by atoms with Gasteiger partial charge in [0.15, 0.2) is 0 Å². The lowest BCUT2D eigenvalue weighted by Gasteiger charge is -2.18. The van der Waals surface area contributed by atoms with Crippen molar-refractivity contribution in [3.8, 4) is 0 Å². The molecule has 0 aliphatic heterocycles. The number of nitrogens with zero attached hydrogens (tertiary/aromatic N) is 1. The Bertz CT molecular complexity index is 246. The van der Waals surface area contributed by atoms with Crippen molar-refractivity contribution < 1.29 is 4.74 Å². The fraction of sp³-hybridized carbons (Fsp3) is 0.500. The Hall–Kier alpha value is -0.860. The van der Waals surface area contributed by atoms with E-state index in [1.165, 1.54) is 5.56 Å². The van der Waals surface area contributed by atoms with Crippen molar-refractivity contribution in [1.29, 1.82) is 0 Å². The molecule has 0 aromatic heterocycles. The van der Waals surface area contributed by atoms with Gasteiger partial charge in [-0.25, -0.2) is 0 Å². The van der Waals surface area contributed by atoms with Crippen molar-refractivity contribution in [1.82, 2.24) is 4.90 Å². The molecule has 0 radical (unpaired) electrons. The fourth-order valence-electron chi connectivity index (χ4n) is 1.46. The van der Waals surface area contributed by atoms with Gasteiger partial charge in [0.2, 0.25) is 0 Å². The van der Waals surface area contributed by atoms with E-state index in [2.05, 4.69) is 43.3 Å². The predicted octanol–water partition coefficient (Wildman–Crippen LogP) is 2.33. The Morgan fingerprint density at radius 3 is 2.36 bits per heavy atom. The summed E-state index contributed by atoms with van der Waals surface area (Å²) < 4.78 is 5.46. The van der Waals surface area contributed by atoms with Crippen LogP contribution in [0.15, 0.2) is 30.3 Å². The first-order valence-corrected chi connectivity index (χ1v) is 4.96. The molecule has 0 fully saturated rings. The number of benzene rings is 1. The minimum absolute atomic E-state index is 0.221. The molecule has 78 valence electrons. The van der Waals surface area contributed by atoms with Gasteiger partial charge in [-0.1, -0.05) is 30.3 Å².